The molecule has 0 N–H and O–H groups in total. The van der Waals surface area contributed by atoms with E-state index in [0.29, 0.717) is 11.3 Å². The highest BCUT2D eigenvalue weighted by Crippen LogP contribution is 2.26. The topological polar surface area (TPSA) is 37.4 Å². The number of benzene rings is 2. The summed E-state index contributed by atoms with van der Waals surface area (Å²) in [5.74, 6) is -1.91. The molecule has 0 bridgehead atoms. The van der Waals surface area contributed by atoms with Gasteiger partial charge in [-0.2, -0.15) is 0 Å². The molecule has 1 amide bonds. The Hall–Kier alpha value is -2.01. The van der Waals surface area contributed by atoms with Crippen molar-refractivity contribution in [1.82, 2.24) is 0 Å². The highest BCUT2D eigenvalue weighted by atomic mass is 79.9. The van der Waals surface area contributed by atoms with E-state index in [1.807, 2.05) is 18.2 Å². The Kier molecular flexibility index (Phi) is 5.08. The molecule has 2 aromatic carbocycles. The van der Waals surface area contributed by atoms with E-state index in [0.717, 1.165) is 4.47 Å². The van der Waals surface area contributed by atoms with Crippen LogP contribution in [-0.2, 0) is 4.79 Å². The van der Waals surface area contributed by atoms with Crippen molar-refractivity contribution in [3.05, 3.63) is 64.4 Å². The third-order valence-corrected chi connectivity index (χ3v) is 4.11. The van der Waals surface area contributed by atoms with Crippen molar-refractivity contribution in [2.75, 3.05) is 11.9 Å². The van der Waals surface area contributed by atoms with Crippen LogP contribution in [0.1, 0.15) is 17.3 Å². The van der Waals surface area contributed by atoms with Gasteiger partial charge in [-0.05, 0) is 59.3 Å². The van der Waals surface area contributed by atoms with Crippen LogP contribution in [-0.4, -0.2) is 18.7 Å². The minimum absolute atomic E-state index is 0.318. The van der Waals surface area contributed by atoms with Crippen LogP contribution in [0.2, 0.25) is 0 Å². The number of amides is 1. The van der Waals surface area contributed by atoms with Crippen LogP contribution in [0.5, 0.6) is 0 Å². The number of carbonyl (C=O) groups excluding carboxylic acids is 2. The van der Waals surface area contributed by atoms with Crippen LogP contribution >= 0.6 is 15.9 Å². The van der Waals surface area contributed by atoms with Gasteiger partial charge >= 0.3 is 0 Å². The van der Waals surface area contributed by atoms with Gasteiger partial charge in [-0.1, -0.05) is 12.1 Å². The number of halogens is 2. The summed E-state index contributed by atoms with van der Waals surface area (Å²) in [5, 5.41) is 0. The first-order chi connectivity index (χ1) is 10.4. The average Bonchev–Trinajstić information content (AvgIpc) is 2.53. The van der Waals surface area contributed by atoms with Gasteiger partial charge in [0, 0.05) is 17.1 Å². The lowest BCUT2D eigenvalue weighted by atomic mass is 9.98. The third-order valence-electron chi connectivity index (χ3n) is 3.44. The molecule has 5 heteroatoms. The van der Waals surface area contributed by atoms with E-state index in [4.69, 9.17) is 0 Å². The fourth-order valence-corrected chi connectivity index (χ4v) is 2.66. The Morgan fingerprint density at radius 2 is 1.68 bits per heavy atom. The van der Waals surface area contributed by atoms with Crippen LogP contribution in [0.4, 0.5) is 10.1 Å². The van der Waals surface area contributed by atoms with Crippen molar-refractivity contribution >= 4 is 33.3 Å². The summed E-state index contributed by atoms with van der Waals surface area (Å²) in [6.45, 7) is 1.56. The molecule has 0 heterocycles. The van der Waals surface area contributed by atoms with Crippen LogP contribution in [0.3, 0.4) is 0 Å². The maximum atomic E-state index is 12.9. The molecule has 0 aliphatic rings. The number of nitrogens with zero attached hydrogens (tertiary/aromatic N) is 1. The summed E-state index contributed by atoms with van der Waals surface area (Å²) in [5.41, 5.74) is 1.01. The van der Waals surface area contributed by atoms with E-state index in [1.54, 1.807) is 20.0 Å². The molecule has 2 rings (SSSR count). The minimum Gasteiger partial charge on any atom is -0.314 e. The Morgan fingerprint density at radius 3 is 2.27 bits per heavy atom. The Bertz CT molecular complexity index is 700. The third kappa shape index (κ3) is 3.42. The minimum atomic E-state index is -0.845. The first kappa shape index (κ1) is 16.4. The van der Waals surface area contributed by atoms with Crippen molar-refractivity contribution in [1.29, 1.82) is 0 Å². The second-order valence-electron chi connectivity index (χ2n) is 4.94. The largest absolute Gasteiger partial charge is 0.314 e. The van der Waals surface area contributed by atoms with Crippen LogP contribution < -0.4 is 4.90 Å². The SMILES string of the molecule is C[C@H](C(=O)c1ccc(F)cc1)C(=O)N(C)c1ccccc1Br. The van der Waals surface area contributed by atoms with Gasteiger partial charge in [0.05, 0.1) is 11.6 Å². The molecule has 114 valence electrons. The van der Waals surface area contributed by atoms with Crippen LogP contribution in [0.25, 0.3) is 0 Å². The lowest BCUT2D eigenvalue weighted by Gasteiger charge is -2.22. The van der Waals surface area contributed by atoms with E-state index in [-0.39, 0.29) is 11.7 Å². The molecule has 0 unspecified atom stereocenters. The maximum Gasteiger partial charge on any atom is 0.237 e. The molecular weight excluding hydrogens is 349 g/mol. The van der Waals surface area contributed by atoms with Gasteiger partial charge in [-0.3, -0.25) is 9.59 Å². The second kappa shape index (κ2) is 6.83. The van der Waals surface area contributed by atoms with Crippen molar-refractivity contribution in [2.24, 2.45) is 5.92 Å². The molecule has 0 saturated heterocycles. The molecule has 0 aliphatic heterocycles. The number of anilines is 1. The number of ketones is 1. The molecule has 0 aromatic heterocycles. The quantitative estimate of drug-likeness (QED) is 0.606. The van der Waals surface area contributed by atoms with Crippen LogP contribution in [0.15, 0.2) is 53.0 Å². The molecule has 3 nitrogen and oxygen atoms in total. The molecule has 2 aromatic rings. The Balaban J connectivity index is 2.20. The predicted octanol–water partition coefficient (Wildman–Crippen LogP) is 4.07. The van der Waals surface area contributed by atoms with Gasteiger partial charge in [-0.25, -0.2) is 4.39 Å². The number of rotatable bonds is 4. The molecule has 0 radical (unpaired) electrons. The van der Waals surface area contributed by atoms with E-state index >= 15 is 0 Å². The summed E-state index contributed by atoms with van der Waals surface area (Å²) in [4.78, 5) is 26.3. The van der Waals surface area contributed by atoms with Crippen molar-refractivity contribution in [2.45, 2.75) is 6.92 Å². The van der Waals surface area contributed by atoms with E-state index in [9.17, 15) is 14.0 Å². The Morgan fingerprint density at radius 1 is 1.09 bits per heavy atom. The number of Topliss-reactive ketones (excluding diaryl/α,β-unsaturated/α-hetero) is 1. The highest BCUT2D eigenvalue weighted by molar-refractivity contribution is 9.10. The predicted molar refractivity (Wildman–Crippen MR) is 87.4 cm³/mol. The lowest BCUT2D eigenvalue weighted by Crippen LogP contribution is -2.35. The molecule has 22 heavy (non-hydrogen) atoms. The molecular formula is C17H15BrFNO2. The standard InChI is InChI=1S/C17H15BrFNO2/c1-11(16(21)12-7-9-13(19)10-8-12)17(22)20(2)15-6-4-3-5-14(15)18/h3-11H,1-2H3/t11-/m1/s1. The maximum absolute atomic E-state index is 12.9. The molecule has 0 aliphatic carbocycles. The summed E-state index contributed by atoms with van der Waals surface area (Å²) in [7, 11) is 1.62. The Labute approximate surface area is 136 Å². The molecule has 0 saturated carbocycles. The smallest absolute Gasteiger partial charge is 0.237 e. The summed E-state index contributed by atoms with van der Waals surface area (Å²) in [6.07, 6.45) is 0. The molecule has 1 atom stereocenters. The number of carbonyl (C=O) groups is 2. The number of para-hydroxylation sites is 1. The van der Waals surface area contributed by atoms with Gasteiger partial charge in [0.2, 0.25) is 5.91 Å². The summed E-state index contributed by atoms with van der Waals surface area (Å²) in [6, 6.07) is 12.5. The highest BCUT2D eigenvalue weighted by Gasteiger charge is 2.27. The zero-order valence-electron chi connectivity index (χ0n) is 12.2. The van der Waals surface area contributed by atoms with E-state index in [1.165, 1.54) is 29.2 Å². The number of hydrogen-bond acceptors (Lipinski definition) is 2. The van der Waals surface area contributed by atoms with Crippen molar-refractivity contribution < 1.29 is 14.0 Å². The van der Waals surface area contributed by atoms with Crippen molar-refractivity contribution in [3.63, 3.8) is 0 Å². The zero-order valence-corrected chi connectivity index (χ0v) is 13.8. The van der Waals surface area contributed by atoms with Crippen molar-refractivity contribution in [3.8, 4) is 0 Å². The average molecular weight is 364 g/mol. The van der Waals surface area contributed by atoms with Gasteiger partial charge in [0.25, 0.3) is 0 Å². The van der Waals surface area contributed by atoms with Gasteiger partial charge in [0.15, 0.2) is 5.78 Å². The molecule has 0 spiro atoms. The van der Waals surface area contributed by atoms with Crippen LogP contribution in [0, 0.1) is 11.7 Å². The normalized spacial score (nSPS) is 11.8. The first-order valence-electron chi connectivity index (χ1n) is 6.73. The summed E-state index contributed by atoms with van der Waals surface area (Å²) >= 11 is 3.38. The monoisotopic (exact) mass is 363 g/mol. The fourth-order valence-electron chi connectivity index (χ4n) is 2.11. The first-order valence-corrected chi connectivity index (χ1v) is 7.53. The van der Waals surface area contributed by atoms with Gasteiger partial charge < -0.3 is 4.90 Å². The van der Waals surface area contributed by atoms with Gasteiger partial charge in [-0.15, -0.1) is 0 Å². The number of hydrogen-bond donors (Lipinski definition) is 0. The van der Waals surface area contributed by atoms with Gasteiger partial charge in [0.1, 0.15) is 5.82 Å². The second-order valence-corrected chi connectivity index (χ2v) is 5.80. The molecule has 0 fully saturated rings. The summed E-state index contributed by atoms with van der Waals surface area (Å²) < 4.78 is 13.7. The van der Waals surface area contributed by atoms with E-state index < -0.39 is 11.7 Å². The zero-order chi connectivity index (χ0) is 16.3. The lowest BCUT2D eigenvalue weighted by molar-refractivity contribution is -0.120. The van der Waals surface area contributed by atoms with E-state index in [2.05, 4.69) is 15.9 Å². The fraction of sp³-hybridized carbons (Fsp3) is 0.176.